The number of fused-ring (bicyclic) bond motifs is 2. The lowest BCUT2D eigenvalue weighted by Gasteiger charge is -2.20. The van der Waals surface area contributed by atoms with Crippen LogP contribution in [0.5, 0.6) is 0 Å². The molecule has 0 atom stereocenters. The van der Waals surface area contributed by atoms with Crippen molar-refractivity contribution in [2.75, 3.05) is 11.1 Å². The summed E-state index contributed by atoms with van der Waals surface area (Å²) in [4.78, 5) is 34.4. The number of carbonyl (C=O) groups excluding carboxylic acids is 1. The van der Waals surface area contributed by atoms with E-state index in [0.717, 1.165) is 40.8 Å². The standard InChI is InChI=1S/C30H33N3O2S2/c1-17(2)22-10-7-11-23(18(3)4)27(22)31-25(34)16-37-30-32-28(35)26-24(15-36-29(26)33-30)21-13-12-19-8-5-6-9-20(19)14-21/h7,10-15,17-18H,5-6,8-9,16H2,1-4H3,(H,31,34)(H,32,33,35). The van der Waals surface area contributed by atoms with E-state index in [1.807, 2.05) is 5.38 Å². The lowest BCUT2D eigenvalue weighted by Crippen LogP contribution is -2.18. The molecule has 0 saturated carbocycles. The smallest absolute Gasteiger partial charge is 0.260 e. The Morgan fingerprint density at radius 2 is 1.76 bits per heavy atom. The second kappa shape index (κ2) is 10.8. The molecule has 0 fully saturated rings. The number of aryl methyl sites for hydroxylation is 2. The van der Waals surface area contributed by atoms with Crippen LogP contribution in [0.25, 0.3) is 21.3 Å². The number of amides is 1. The number of thioether (sulfide) groups is 1. The van der Waals surface area contributed by atoms with Gasteiger partial charge in [-0.1, -0.05) is 75.9 Å². The fourth-order valence-corrected chi connectivity index (χ4v) is 6.78. The molecule has 1 aliphatic rings. The minimum atomic E-state index is -0.158. The molecule has 0 bridgehead atoms. The van der Waals surface area contributed by atoms with E-state index in [2.05, 4.69) is 79.4 Å². The summed E-state index contributed by atoms with van der Waals surface area (Å²) in [6.45, 7) is 8.53. The van der Waals surface area contributed by atoms with Crippen molar-refractivity contribution in [3.8, 4) is 11.1 Å². The highest BCUT2D eigenvalue weighted by atomic mass is 32.2. The third-order valence-corrected chi connectivity index (χ3v) is 8.80. The SMILES string of the molecule is CC(C)c1cccc(C(C)C)c1NC(=O)CSc1nc2scc(-c3ccc4c(c3)CCCC4)c2c(=O)[nH]1. The zero-order chi connectivity index (χ0) is 26.1. The summed E-state index contributed by atoms with van der Waals surface area (Å²) >= 11 is 2.73. The highest BCUT2D eigenvalue weighted by Crippen LogP contribution is 2.35. The molecule has 0 aliphatic heterocycles. The normalized spacial score (nSPS) is 13.4. The summed E-state index contributed by atoms with van der Waals surface area (Å²) in [5.41, 5.74) is 7.83. The molecule has 5 nitrogen and oxygen atoms in total. The number of aromatic nitrogens is 2. The number of carbonyl (C=O) groups is 1. The van der Waals surface area contributed by atoms with Gasteiger partial charge in [-0.2, -0.15) is 0 Å². The molecule has 5 rings (SSSR count). The van der Waals surface area contributed by atoms with Crippen molar-refractivity contribution in [1.29, 1.82) is 0 Å². The number of nitrogens with one attached hydrogen (secondary N) is 2. The Hall–Kier alpha value is -2.90. The van der Waals surface area contributed by atoms with E-state index in [4.69, 9.17) is 0 Å². The van der Waals surface area contributed by atoms with E-state index >= 15 is 0 Å². The van der Waals surface area contributed by atoms with Crippen LogP contribution in [0.4, 0.5) is 5.69 Å². The van der Waals surface area contributed by atoms with Gasteiger partial charge in [-0.05, 0) is 65.3 Å². The van der Waals surface area contributed by atoms with Gasteiger partial charge >= 0.3 is 0 Å². The number of hydrogen-bond donors (Lipinski definition) is 2. The molecule has 0 spiro atoms. The Balaban J connectivity index is 1.35. The fourth-order valence-electron chi connectivity index (χ4n) is 5.12. The van der Waals surface area contributed by atoms with Gasteiger partial charge in [0, 0.05) is 16.6 Å². The first kappa shape index (κ1) is 25.7. The van der Waals surface area contributed by atoms with Crippen LogP contribution in [0, 0.1) is 0 Å². The lowest BCUT2D eigenvalue weighted by atomic mass is 9.89. The number of hydrogen-bond acceptors (Lipinski definition) is 5. The van der Waals surface area contributed by atoms with Crippen LogP contribution < -0.4 is 10.9 Å². The maximum Gasteiger partial charge on any atom is 0.260 e. The molecule has 2 N–H and O–H groups in total. The number of aromatic amines is 1. The van der Waals surface area contributed by atoms with Gasteiger partial charge in [0.2, 0.25) is 5.91 Å². The van der Waals surface area contributed by atoms with Gasteiger partial charge in [0.1, 0.15) is 4.83 Å². The number of benzene rings is 2. The summed E-state index contributed by atoms with van der Waals surface area (Å²) in [6.07, 6.45) is 4.71. The number of anilines is 1. The van der Waals surface area contributed by atoms with Gasteiger partial charge in [-0.25, -0.2) is 4.98 Å². The maximum absolute atomic E-state index is 13.1. The van der Waals surface area contributed by atoms with Crippen molar-refractivity contribution in [1.82, 2.24) is 9.97 Å². The first-order chi connectivity index (χ1) is 17.8. The predicted octanol–water partition coefficient (Wildman–Crippen LogP) is 7.51. The zero-order valence-electron chi connectivity index (χ0n) is 21.8. The van der Waals surface area contributed by atoms with Crippen molar-refractivity contribution in [3.05, 3.63) is 74.4 Å². The zero-order valence-corrected chi connectivity index (χ0v) is 23.4. The minimum Gasteiger partial charge on any atom is -0.325 e. The second-order valence-corrected chi connectivity index (χ2v) is 12.2. The lowest BCUT2D eigenvalue weighted by molar-refractivity contribution is -0.113. The van der Waals surface area contributed by atoms with E-state index in [0.29, 0.717) is 27.2 Å². The van der Waals surface area contributed by atoms with Gasteiger partial charge < -0.3 is 10.3 Å². The average molecular weight is 532 g/mol. The molecule has 37 heavy (non-hydrogen) atoms. The molecular weight excluding hydrogens is 498 g/mol. The van der Waals surface area contributed by atoms with E-state index in [1.54, 1.807) is 0 Å². The van der Waals surface area contributed by atoms with Gasteiger partial charge in [-0.15, -0.1) is 11.3 Å². The van der Waals surface area contributed by atoms with E-state index < -0.39 is 0 Å². The third-order valence-electron chi connectivity index (χ3n) is 7.06. The Bertz CT molecular complexity index is 1490. The van der Waals surface area contributed by atoms with Crippen LogP contribution in [0.15, 0.2) is 51.7 Å². The van der Waals surface area contributed by atoms with Crippen LogP contribution in [0.2, 0.25) is 0 Å². The van der Waals surface area contributed by atoms with Crippen molar-refractivity contribution >= 4 is 44.9 Å². The molecule has 2 heterocycles. The highest BCUT2D eigenvalue weighted by Gasteiger charge is 2.18. The molecule has 7 heteroatoms. The molecule has 192 valence electrons. The van der Waals surface area contributed by atoms with Crippen molar-refractivity contribution < 1.29 is 4.79 Å². The summed E-state index contributed by atoms with van der Waals surface area (Å²) in [6, 6.07) is 12.8. The number of rotatable bonds is 7. The van der Waals surface area contributed by atoms with E-state index in [9.17, 15) is 9.59 Å². The first-order valence-corrected chi connectivity index (χ1v) is 14.9. The molecule has 2 aromatic carbocycles. The summed E-state index contributed by atoms with van der Waals surface area (Å²) < 4.78 is 0. The molecule has 0 unspecified atom stereocenters. The van der Waals surface area contributed by atoms with Gasteiger partial charge in [0.15, 0.2) is 5.16 Å². The number of thiophene rings is 1. The Labute approximate surface area is 226 Å². The predicted molar refractivity (Wildman–Crippen MR) is 156 cm³/mol. The van der Waals surface area contributed by atoms with Gasteiger partial charge in [-0.3, -0.25) is 9.59 Å². The van der Waals surface area contributed by atoms with Crippen LogP contribution in [-0.2, 0) is 17.6 Å². The summed E-state index contributed by atoms with van der Waals surface area (Å²) in [7, 11) is 0. The molecule has 0 saturated heterocycles. The van der Waals surface area contributed by atoms with Crippen LogP contribution >= 0.6 is 23.1 Å². The number of nitrogens with zero attached hydrogens (tertiary/aromatic N) is 1. The van der Waals surface area contributed by atoms with Crippen LogP contribution in [0.3, 0.4) is 0 Å². The van der Waals surface area contributed by atoms with Crippen molar-refractivity contribution in [2.45, 2.75) is 70.4 Å². The van der Waals surface area contributed by atoms with Crippen molar-refractivity contribution in [2.24, 2.45) is 0 Å². The fraction of sp³-hybridized carbons (Fsp3) is 0.367. The first-order valence-electron chi connectivity index (χ1n) is 13.0. The molecule has 2 aromatic heterocycles. The molecule has 1 amide bonds. The highest BCUT2D eigenvalue weighted by molar-refractivity contribution is 7.99. The Morgan fingerprint density at radius 1 is 1.05 bits per heavy atom. The molecular formula is C30H33N3O2S2. The number of para-hydroxylation sites is 1. The van der Waals surface area contributed by atoms with E-state index in [1.165, 1.54) is 47.1 Å². The Morgan fingerprint density at radius 3 is 2.46 bits per heavy atom. The topological polar surface area (TPSA) is 74.8 Å². The van der Waals surface area contributed by atoms with E-state index in [-0.39, 0.29) is 17.2 Å². The largest absolute Gasteiger partial charge is 0.325 e. The maximum atomic E-state index is 13.1. The molecule has 0 radical (unpaired) electrons. The molecule has 4 aromatic rings. The minimum absolute atomic E-state index is 0.108. The van der Waals surface area contributed by atoms with Crippen LogP contribution in [-0.4, -0.2) is 21.6 Å². The van der Waals surface area contributed by atoms with Crippen molar-refractivity contribution in [3.63, 3.8) is 0 Å². The quantitative estimate of drug-likeness (QED) is 0.191. The summed E-state index contributed by atoms with van der Waals surface area (Å²) in [5.74, 6) is 0.653. The monoisotopic (exact) mass is 531 g/mol. The second-order valence-electron chi connectivity index (χ2n) is 10.3. The van der Waals surface area contributed by atoms with Gasteiger partial charge in [0.25, 0.3) is 5.56 Å². The summed E-state index contributed by atoms with van der Waals surface area (Å²) in [5, 5.41) is 6.25. The number of H-pyrrole nitrogens is 1. The average Bonchev–Trinajstić information content (AvgIpc) is 3.31. The third kappa shape index (κ3) is 5.39. The molecule has 1 aliphatic carbocycles. The van der Waals surface area contributed by atoms with Gasteiger partial charge in [0.05, 0.1) is 11.1 Å². The van der Waals surface area contributed by atoms with Crippen LogP contribution in [0.1, 0.15) is 74.6 Å². The Kier molecular flexibility index (Phi) is 7.54.